The van der Waals surface area contributed by atoms with Gasteiger partial charge in [-0.1, -0.05) is 0 Å². The summed E-state index contributed by atoms with van der Waals surface area (Å²) in [5, 5.41) is 15.3. The van der Waals surface area contributed by atoms with Gasteiger partial charge < -0.3 is 14.9 Å². The lowest BCUT2D eigenvalue weighted by atomic mass is 10.7. The zero-order valence-electron chi connectivity index (χ0n) is 5.59. The summed E-state index contributed by atoms with van der Waals surface area (Å²) in [5.74, 6) is 0. The van der Waals surface area contributed by atoms with Gasteiger partial charge in [0.15, 0.2) is 6.29 Å². The molecule has 0 heterocycles. The first-order valence-electron chi connectivity index (χ1n) is 2.51. The predicted octanol–water partition coefficient (Wildman–Crippen LogP) is -0.0303. The van der Waals surface area contributed by atoms with E-state index in [4.69, 9.17) is 10.2 Å². The highest BCUT2D eigenvalue weighted by Gasteiger charge is 1.85. The van der Waals surface area contributed by atoms with E-state index in [1.165, 1.54) is 0 Å². The van der Waals surface area contributed by atoms with E-state index in [0.717, 1.165) is 7.11 Å². The molecule has 1 unspecified atom stereocenters. The fourth-order valence-corrected chi connectivity index (χ4v) is 0.241. The van der Waals surface area contributed by atoms with Crippen molar-refractivity contribution in [1.29, 1.82) is 0 Å². The van der Waals surface area contributed by atoms with Crippen LogP contribution in [0.4, 0.5) is 0 Å². The van der Waals surface area contributed by atoms with E-state index in [0.29, 0.717) is 6.61 Å². The summed E-state index contributed by atoms with van der Waals surface area (Å²) in [4.78, 5) is 0. The molecule has 0 aliphatic carbocycles. The summed E-state index contributed by atoms with van der Waals surface area (Å²) >= 11 is 0. The lowest BCUT2D eigenvalue weighted by Crippen LogP contribution is -2.04. The topological polar surface area (TPSA) is 49.7 Å². The molecule has 2 N–H and O–H groups in total. The Morgan fingerprint density at radius 1 is 1.50 bits per heavy atom. The maximum Gasteiger partial charge on any atom is 0.151 e. The molecule has 0 aromatic carbocycles. The monoisotopic (exact) mass is 122 g/mol. The summed E-state index contributed by atoms with van der Waals surface area (Å²) in [6.45, 7) is 4.01. The number of rotatable bonds is 2. The summed E-state index contributed by atoms with van der Waals surface area (Å²) in [7, 11) is 1.00. The highest BCUT2D eigenvalue weighted by molar-refractivity contribution is 4.17. The van der Waals surface area contributed by atoms with E-state index in [1.54, 1.807) is 6.92 Å². The molecule has 0 saturated heterocycles. The highest BCUT2D eigenvalue weighted by atomic mass is 16.6. The van der Waals surface area contributed by atoms with Crippen molar-refractivity contribution in [1.82, 2.24) is 0 Å². The van der Waals surface area contributed by atoms with Gasteiger partial charge in [-0.2, -0.15) is 0 Å². The molecule has 0 aliphatic rings. The second-order valence-electron chi connectivity index (χ2n) is 1.05. The van der Waals surface area contributed by atoms with Crippen molar-refractivity contribution in [3.05, 3.63) is 0 Å². The van der Waals surface area contributed by atoms with Crippen molar-refractivity contribution in [3.8, 4) is 0 Å². The maximum atomic E-state index is 8.33. The van der Waals surface area contributed by atoms with Gasteiger partial charge in [0.25, 0.3) is 0 Å². The van der Waals surface area contributed by atoms with Crippen molar-refractivity contribution in [2.75, 3.05) is 13.7 Å². The highest BCUT2D eigenvalue weighted by Crippen LogP contribution is 1.78. The molecular formula is C5H14O3. The van der Waals surface area contributed by atoms with E-state index < -0.39 is 6.29 Å². The quantitative estimate of drug-likeness (QED) is 0.506. The molecule has 0 rings (SSSR count). The molecule has 0 saturated carbocycles. The van der Waals surface area contributed by atoms with Crippen LogP contribution in [0.25, 0.3) is 0 Å². The van der Waals surface area contributed by atoms with Crippen LogP contribution in [-0.2, 0) is 4.74 Å². The minimum Gasteiger partial charge on any atom is -0.400 e. The number of ether oxygens (including phenoxy) is 1. The van der Waals surface area contributed by atoms with Gasteiger partial charge in [0.05, 0.1) is 0 Å². The smallest absolute Gasteiger partial charge is 0.151 e. The molecule has 0 aliphatic heterocycles. The molecule has 0 aromatic heterocycles. The molecule has 0 spiro atoms. The molecule has 0 amide bonds. The number of hydrogen-bond acceptors (Lipinski definition) is 3. The SMILES string of the molecule is CCOC(C)O.CO. The first-order valence-corrected chi connectivity index (χ1v) is 2.51. The van der Waals surface area contributed by atoms with Gasteiger partial charge in [0.2, 0.25) is 0 Å². The lowest BCUT2D eigenvalue weighted by Gasteiger charge is -1.99. The van der Waals surface area contributed by atoms with Gasteiger partial charge in [-0.3, -0.25) is 0 Å². The third-order valence-electron chi connectivity index (χ3n) is 0.408. The van der Waals surface area contributed by atoms with Crippen molar-refractivity contribution in [2.45, 2.75) is 20.1 Å². The molecule has 8 heavy (non-hydrogen) atoms. The van der Waals surface area contributed by atoms with E-state index in [2.05, 4.69) is 4.74 Å². The summed E-state index contributed by atoms with van der Waals surface area (Å²) in [6, 6.07) is 0. The molecular weight excluding hydrogens is 108 g/mol. The molecule has 1 atom stereocenters. The molecule has 3 nitrogen and oxygen atoms in total. The molecule has 52 valence electrons. The van der Waals surface area contributed by atoms with Crippen molar-refractivity contribution in [3.63, 3.8) is 0 Å². The minimum atomic E-state index is -0.602. The van der Waals surface area contributed by atoms with Crippen LogP contribution < -0.4 is 0 Å². The van der Waals surface area contributed by atoms with Crippen molar-refractivity contribution >= 4 is 0 Å². The molecule has 0 bridgehead atoms. The van der Waals surface area contributed by atoms with E-state index in [1.807, 2.05) is 6.92 Å². The molecule has 0 aromatic rings. The van der Waals surface area contributed by atoms with Crippen LogP contribution in [0.3, 0.4) is 0 Å². The average molecular weight is 122 g/mol. The Labute approximate surface area is 49.9 Å². The van der Waals surface area contributed by atoms with Crippen LogP contribution in [0, 0.1) is 0 Å². The van der Waals surface area contributed by atoms with Gasteiger partial charge in [0, 0.05) is 13.7 Å². The Bertz CT molecular complexity index is 28.9. The minimum absolute atomic E-state index is 0.581. The zero-order chi connectivity index (χ0) is 6.99. The predicted molar refractivity (Wildman–Crippen MR) is 31.4 cm³/mol. The summed E-state index contributed by atoms with van der Waals surface area (Å²) in [6.07, 6.45) is -0.602. The Kier molecular flexibility index (Phi) is 13.5. The van der Waals surface area contributed by atoms with Crippen LogP contribution in [0.15, 0.2) is 0 Å². The number of aliphatic hydroxyl groups is 2. The first-order chi connectivity index (χ1) is 3.77. The van der Waals surface area contributed by atoms with Gasteiger partial charge in [-0.25, -0.2) is 0 Å². The summed E-state index contributed by atoms with van der Waals surface area (Å²) in [5.41, 5.74) is 0. The van der Waals surface area contributed by atoms with Crippen molar-refractivity contribution < 1.29 is 14.9 Å². The van der Waals surface area contributed by atoms with Gasteiger partial charge in [-0.15, -0.1) is 0 Å². The first kappa shape index (κ1) is 10.8. The molecule has 0 radical (unpaired) electrons. The molecule has 3 heteroatoms. The number of aliphatic hydroxyl groups excluding tert-OH is 2. The number of hydrogen-bond donors (Lipinski definition) is 2. The van der Waals surface area contributed by atoms with E-state index >= 15 is 0 Å². The standard InChI is InChI=1S/C4H10O2.CH4O/c1-3-6-4(2)5;1-2/h4-5H,3H2,1-2H3;2H,1H3. The average Bonchev–Trinajstić information content (AvgIpc) is 1.72. The van der Waals surface area contributed by atoms with Gasteiger partial charge >= 0.3 is 0 Å². The largest absolute Gasteiger partial charge is 0.400 e. The maximum absolute atomic E-state index is 8.33. The summed E-state index contributed by atoms with van der Waals surface area (Å²) < 4.78 is 4.60. The van der Waals surface area contributed by atoms with Crippen molar-refractivity contribution in [2.24, 2.45) is 0 Å². The third-order valence-corrected chi connectivity index (χ3v) is 0.408. The normalized spacial score (nSPS) is 11.6. The van der Waals surface area contributed by atoms with E-state index in [-0.39, 0.29) is 0 Å². The van der Waals surface area contributed by atoms with Crippen LogP contribution in [-0.4, -0.2) is 30.2 Å². The third kappa shape index (κ3) is 16.9. The molecule has 0 fully saturated rings. The fraction of sp³-hybridized carbons (Fsp3) is 1.00. The lowest BCUT2D eigenvalue weighted by molar-refractivity contribution is -0.0800. The second-order valence-corrected chi connectivity index (χ2v) is 1.05. The van der Waals surface area contributed by atoms with Crippen LogP contribution in [0.2, 0.25) is 0 Å². The second kappa shape index (κ2) is 9.99. The van der Waals surface area contributed by atoms with Crippen LogP contribution >= 0.6 is 0 Å². The fourth-order valence-electron chi connectivity index (χ4n) is 0.241. The van der Waals surface area contributed by atoms with Crippen LogP contribution in [0.1, 0.15) is 13.8 Å². The Morgan fingerprint density at radius 3 is 1.88 bits per heavy atom. The Hall–Kier alpha value is -0.120. The Morgan fingerprint density at radius 2 is 1.88 bits per heavy atom. The van der Waals surface area contributed by atoms with Crippen LogP contribution in [0.5, 0.6) is 0 Å². The van der Waals surface area contributed by atoms with E-state index in [9.17, 15) is 0 Å². The Balaban J connectivity index is 0. The zero-order valence-corrected chi connectivity index (χ0v) is 5.59. The van der Waals surface area contributed by atoms with Gasteiger partial charge in [-0.05, 0) is 13.8 Å². The van der Waals surface area contributed by atoms with Gasteiger partial charge in [0.1, 0.15) is 0 Å².